The summed E-state index contributed by atoms with van der Waals surface area (Å²) in [5, 5.41) is 5.61. The Balaban J connectivity index is 1.71. The molecule has 2 amide bonds. The fourth-order valence-corrected chi connectivity index (χ4v) is 2.97. The molecular weight excluding hydrogens is 362 g/mol. The molecule has 2 N–H and O–H groups in total. The van der Waals surface area contributed by atoms with Crippen LogP contribution in [-0.2, 0) is 4.74 Å². The van der Waals surface area contributed by atoms with Crippen molar-refractivity contribution in [2.24, 2.45) is 0 Å². The van der Waals surface area contributed by atoms with E-state index in [1.165, 1.54) is 0 Å². The van der Waals surface area contributed by atoms with Crippen molar-refractivity contribution in [2.45, 2.75) is 13.8 Å². The van der Waals surface area contributed by atoms with E-state index in [1.54, 1.807) is 32.4 Å². The second-order valence-electron chi connectivity index (χ2n) is 6.32. The molecule has 1 fully saturated rings. The van der Waals surface area contributed by atoms with E-state index in [0.717, 1.165) is 13.1 Å². The highest BCUT2D eigenvalue weighted by atomic mass is 16.5. The standard InChI is InChI=1S/C19H25N5O4/c1-12-17(13(2)21-18(20-12)24-7-9-28-10-8-24)23-19(25)22-14-5-6-15(26-3)16(11-14)27-4/h5-6,11H,7-10H2,1-4H3,(H2,22,23,25). The van der Waals surface area contributed by atoms with E-state index in [0.29, 0.717) is 53.4 Å². The van der Waals surface area contributed by atoms with Gasteiger partial charge in [0.15, 0.2) is 11.5 Å². The first-order valence-electron chi connectivity index (χ1n) is 8.99. The summed E-state index contributed by atoms with van der Waals surface area (Å²) in [4.78, 5) is 23.6. The third kappa shape index (κ3) is 4.42. The second kappa shape index (κ2) is 8.75. The average molecular weight is 387 g/mol. The maximum Gasteiger partial charge on any atom is 0.323 e. The Morgan fingerprint density at radius 2 is 1.68 bits per heavy atom. The molecule has 9 heteroatoms. The van der Waals surface area contributed by atoms with Crippen molar-refractivity contribution in [1.29, 1.82) is 0 Å². The van der Waals surface area contributed by atoms with Crippen molar-refractivity contribution in [3.8, 4) is 11.5 Å². The highest BCUT2D eigenvalue weighted by Crippen LogP contribution is 2.30. The van der Waals surface area contributed by atoms with Crippen molar-refractivity contribution >= 4 is 23.4 Å². The van der Waals surface area contributed by atoms with Gasteiger partial charge >= 0.3 is 6.03 Å². The Morgan fingerprint density at radius 1 is 1.04 bits per heavy atom. The summed E-state index contributed by atoms with van der Waals surface area (Å²) in [6, 6.07) is 4.76. The number of benzene rings is 1. The van der Waals surface area contributed by atoms with Crippen molar-refractivity contribution in [3.63, 3.8) is 0 Å². The Bertz CT molecular complexity index is 829. The van der Waals surface area contributed by atoms with Gasteiger partial charge in [-0.2, -0.15) is 0 Å². The lowest BCUT2D eigenvalue weighted by Gasteiger charge is -2.27. The molecule has 28 heavy (non-hydrogen) atoms. The van der Waals surface area contributed by atoms with Gasteiger partial charge in [-0.1, -0.05) is 0 Å². The van der Waals surface area contributed by atoms with Crippen LogP contribution in [0.5, 0.6) is 11.5 Å². The summed E-state index contributed by atoms with van der Waals surface area (Å²) in [6.45, 7) is 6.54. The fourth-order valence-electron chi connectivity index (χ4n) is 2.97. The minimum Gasteiger partial charge on any atom is -0.493 e. The number of urea groups is 1. The molecule has 3 rings (SSSR count). The van der Waals surface area contributed by atoms with Gasteiger partial charge in [-0.3, -0.25) is 0 Å². The van der Waals surface area contributed by atoms with Crippen LogP contribution in [0, 0.1) is 13.8 Å². The number of nitrogens with zero attached hydrogens (tertiary/aromatic N) is 3. The van der Waals surface area contributed by atoms with Crippen molar-refractivity contribution in [2.75, 3.05) is 56.1 Å². The fraction of sp³-hybridized carbons (Fsp3) is 0.421. The average Bonchev–Trinajstić information content (AvgIpc) is 2.71. The molecular formula is C19H25N5O4. The molecule has 0 atom stereocenters. The molecule has 9 nitrogen and oxygen atoms in total. The van der Waals surface area contributed by atoms with Crippen LogP contribution in [0.3, 0.4) is 0 Å². The number of hydrogen-bond acceptors (Lipinski definition) is 7. The second-order valence-corrected chi connectivity index (χ2v) is 6.32. The monoisotopic (exact) mass is 387 g/mol. The molecule has 0 aliphatic carbocycles. The van der Waals surface area contributed by atoms with E-state index >= 15 is 0 Å². The number of hydrogen-bond donors (Lipinski definition) is 2. The third-order valence-corrected chi connectivity index (χ3v) is 4.43. The largest absolute Gasteiger partial charge is 0.493 e. The zero-order valence-corrected chi connectivity index (χ0v) is 16.5. The van der Waals surface area contributed by atoms with E-state index in [4.69, 9.17) is 14.2 Å². The first-order valence-corrected chi connectivity index (χ1v) is 8.99. The van der Waals surface area contributed by atoms with Crippen molar-refractivity contribution in [1.82, 2.24) is 9.97 Å². The predicted molar refractivity (Wildman–Crippen MR) is 107 cm³/mol. The molecule has 0 spiro atoms. The lowest BCUT2D eigenvalue weighted by Crippen LogP contribution is -2.37. The maximum absolute atomic E-state index is 12.5. The Labute approximate surface area is 164 Å². The van der Waals surface area contributed by atoms with Crippen LogP contribution >= 0.6 is 0 Å². The normalized spacial score (nSPS) is 13.8. The molecule has 2 aromatic rings. The van der Waals surface area contributed by atoms with Gasteiger partial charge in [-0.05, 0) is 26.0 Å². The molecule has 150 valence electrons. The summed E-state index contributed by atoms with van der Waals surface area (Å²) >= 11 is 0. The van der Waals surface area contributed by atoms with E-state index in [1.807, 2.05) is 13.8 Å². The smallest absolute Gasteiger partial charge is 0.323 e. The van der Waals surface area contributed by atoms with Gasteiger partial charge in [-0.25, -0.2) is 14.8 Å². The summed E-state index contributed by atoms with van der Waals surface area (Å²) in [5.74, 6) is 1.78. The van der Waals surface area contributed by atoms with Gasteiger partial charge in [0.05, 0.1) is 44.5 Å². The highest BCUT2D eigenvalue weighted by Gasteiger charge is 2.18. The number of aryl methyl sites for hydroxylation is 2. The molecule has 0 saturated carbocycles. The molecule has 2 heterocycles. The van der Waals surface area contributed by atoms with Gasteiger partial charge in [0.2, 0.25) is 5.95 Å². The number of carbonyl (C=O) groups excluding carboxylic acids is 1. The van der Waals surface area contributed by atoms with E-state index < -0.39 is 0 Å². The number of carbonyl (C=O) groups is 1. The van der Waals surface area contributed by atoms with E-state index in [2.05, 4.69) is 25.5 Å². The number of methoxy groups -OCH3 is 2. The predicted octanol–water partition coefficient (Wildman–Crippen LogP) is 2.59. The van der Waals surface area contributed by atoms with Crippen LogP contribution in [0.15, 0.2) is 18.2 Å². The first kappa shape index (κ1) is 19.7. The summed E-state index contributed by atoms with van der Waals surface area (Å²) < 4.78 is 15.8. The molecule has 1 aliphatic rings. The van der Waals surface area contributed by atoms with Crippen LogP contribution in [0.25, 0.3) is 0 Å². The minimum atomic E-state index is -0.388. The molecule has 0 radical (unpaired) electrons. The van der Waals surface area contributed by atoms with E-state index in [-0.39, 0.29) is 6.03 Å². The molecule has 1 aliphatic heterocycles. The molecule has 1 saturated heterocycles. The van der Waals surface area contributed by atoms with Gasteiger partial charge in [0.25, 0.3) is 0 Å². The first-order chi connectivity index (χ1) is 13.5. The van der Waals surface area contributed by atoms with Gasteiger partial charge in [-0.15, -0.1) is 0 Å². The third-order valence-electron chi connectivity index (χ3n) is 4.43. The molecule has 1 aromatic carbocycles. The van der Waals surface area contributed by atoms with Gasteiger partial charge in [0, 0.05) is 24.8 Å². The highest BCUT2D eigenvalue weighted by molar-refractivity contribution is 6.00. The maximum atomic E-state index is 12.5. The van der Waals surface area contributed by atoms with Crippen molar-refractivity contribution in [3.05, 3.63) is 29.6 Å². The number of amides is 2. The topological polar surface area (TPSA) is 97.8 Å². The number of nitrogens with one attached hydrogen (secondary N) is 2. The molecule has 0 bridgehead atoms. The number of ether oxygens (including phenoxy) is 3. The van der Waals surface area contributed by atoms with Gasteiger partial charge in [0.1, 0.15) is 0 Å². The zero-order valence-electron chi connectivity index (χ0n) is 16.5. The zero-order chi connectivity index (χ0) is 20.1. The van der Waals surface area contributed by atoms with E-state index in [9.17, 15) is 4.79 Å². The van der Waals surface area contributed by atoms with Crippen LogP contribution in [0.1, 0.15) is 11.4 Å². The van der Waals surface area contributed by atoms with Crippen LogP contribution in [-0.4, -0.2) is 56.5 Å². The molecule has 0 unspecified atom stereocenters. The minimum absolute atomic E-state index is 0.388. The number of rotatable bonds is 5. The van der Waals surface area contributed by atoms with Crippen molar-refractivity contribution < 1.29 is 19.0 Å². The summed E-state index contributed by atoms with van der Waals surface area (Å²) in [6.07, 6.45) is 0. The lowest BCUT2D eigenvalue weighted by atomic mass is 10.2. The van der Waals surface area contributed by atoms with Crippen LogP contribution in [0.2, 0.25) is 0 Å². The number of anilines is 3. The van der Waals surface area contributed by atoms with Crippen LogP contribution in [0.4, 0.5) is 22.1 Å². The number of aromatic nitrogens is 2. The Hall–Kier alpha value is -3.07. The summed E-state index contributed by atoms with van der Waals surface area (Å²) in [7, 11) is 3.10. The van der Waals surface area contributed by atoms with Crippen LogP contribution < -0.4 is 25.0 Å². The molecule has 1 aromatic heterocycles. The summed E-state index contributed by atoms with van der Waals surface area (Å²) in [5.41, 5.74) is 2.58. The quantitative estimate of drug-likeness (QED) is 0.814. The Morgan fingerprint density at radius 3 is 2.29 bits per heavy atom. The SMILES string of the molecule is COc1ccc(NC(=O)Nc2c(C)nc(N3CCOCC3)nc2C)cc1OC. The van der Waals surface area contributed by atoms with Gasteiger partial charge < -0.3 is 29.7 Å². The lowest BCUT2D eigenvalue weighted by molar-refractivity contribution is 0.122. The Kier molecular flexibility index (Phi) is 6.15. The number of morpholine rings is 1.